The van der Waals surface area contributed by atoms with Crippen LogP contribution in [0.15, 0.2) is 47.1 Å². The number of furan rings is 1. The molecule has 0 bridgehead atoms. The molecule has 0 radical (unpaired) electrons. The summed E-state index contributed by atoms with van der Waals surface area (Å²) < 4.78 is 4.82. The minimum absolute atomic E-state index is 0.129. The number of benzene rings is 1. The van der Waals surface area contributed by atoms with Crippen molar-refractivity contribution in [2.75, 3.05) is 0 Å². The predicted octanol–water partition coefficient (Wildman–Crippen LogP) is 1.31. The Morgan fingerprint density at radius 1 is 1.14 bits per heavy atom. The number of carbonyl (C=O) groups excluding carboxylic acids is 1. The number of hydrogen-bond acceptors (Lipinski definition) is 3. The Labute approximate surface area is 80.6 Å². The van der Waals surface area contributed by atoms with Gasteiger partial charge in [0.15, 0.2) is 5.76 Å². The van der Waals surface area contributed by atoms with Crippen molar-refractivity contribution in [3.05, 3.63) is 48.4 Å². The molecule has 0 fully saturated rings. The molecule has 0 aliphatic rings. The van der Waals surface area contributed by atoms with Crippen LogP contribution in [0.25, 0.3) is 11.1 Å². The fraction of sp³-hybridized carbons (Fsp3) is 0. The van der Waals surface area contributed by atoms with E-state index in [2.05, 4.69) is 0 Å². The number of carboxylic acid groups (broad SMARTS) is 1. The highest BCUT2D eigenvalue weighted by Gasteiger charge is 2.08. The molecule has 0 spiro atoms. The number of rotatable bonds is 2. The van der Waals surface area contributed by atoms with Gasteiger partial charge in [0.25, 0.3) is 0 Å². The first-order valence-electron chi connectivity index (χ1n) is 4.13. The smallest absolute Gasteiger partial charge is 0.157 e. The summed E-state index contributed by atoms with van der Waals surface area (Å²) in [5, 5.41) is 10.7. The highest BCUT2D eigenvalue weighted by Crippen LogP contribution is 2.23. The van der Waals surface area contributed by atoms with E-state index in [1.54, 1.807) is 6.07 Å². The highest BCUT2D eigenvalue weighted by atomic mass is 16.4. The molecule has 0 saturated heterocycles. The predicted molar refractivity (Wildman–Crippen MR) is 48.5 cm³/mol. The molecule has 0 N–H and O–H groups in total. The van der Waals surface area contributed by atoms with Gasteiger partial charge in [0.1, 0.15) is 5.97 Å². The van der Waals surface area contributed by atoms with Crippen LogP contribution in [0, 0.1) is 0 Å². The average molecular weight is 187 g/mol. The van der Waals surface area contributed by atoms with E-state index in [4.69, 9.17) is 4.42 Å². The SMILES string of the molecule is O=C([O-])c1occc1-c1ccccc1. The Morgan fingerprint density at radius 3 is 2.50 bits per heavy atom. The first-order valence-corrected chi connectivity index (χ1v) is 4.13. The lowest BCUT2D eigenvalue weighted by atomic mass is 10.1. The lowest BCUT2D eigenvalue weighted by molar-refractivity contribution is -0.256. The van der Waals surface area contributed by atoms with Gasteiger partial charge in [0, 0.05) is 5.56 Å². The fourth-order valence-corrected chi connectivity index (χ4v) is 1.31. The quantitative estimate of drug-likeness (QED) is 0.712. The summed E-state index contributed by atoms with van der Waals surface area (Å²) in [6.07, 6.45) is 1.34. The van der Waals surface area contributed by atoms with Crippen LogP contribution in [0.3, 0.4) is 0 Å². The second-order valence-electron chi connectivity index (χ2n) is 2.82. The van der Waals surface area contributed by atoms with Crippen LogP contribution in [0.2, 0.25) is 0 Å². The Balaban J connectivity index is 2.52. The van der Waals surface area contributed by atoms with Crippen molar-refractivity contribution >= 4 is 5.97 Å². The second kappa shape index (κ2) is 3.38. The van der Waals surface area contributed by atoms with Crippen molar-refractivity contribution in [2.45, 2.75) is 0 Å². The number of aromatic carboxylic acids is 1. The first kappa shape index (κ1) is 8.56. The van der Waals surface area contributed by atoms with E-state index in [0.29, 0.717) is 5.56 Å². The molecule has 0 aliphatic heterocycles. The third-order valence-corrected chi connectivity index (χ3v) is 1.94. The van der Waals surface area contributed by atoms with Gasteiger partial charge < -0.3 is 14.3 Å². The third kappa shape index (κ3) is 1.40. The van der Waals surface area contributed by atoms with Gasteiger partial charge in [-0.15, -0.1) is 0 Å². The monoisotopic (exact) mass is 187 g/mol. The molecular formula is C11H7O3-. The summed E-state index contributed by atoms with van der Waals surface area (Å²) >= 11 is 0. The summed E-state index contributed by atoms with van der Waals surface area (Å²) in [6.45, 7) is 0. The van der Waals surface area contributed by atoms with E-state index >= 15 is 0 Å². The van der Waals surface area contributed by atoms with E-state index in [-0.39, 0.29) is 5.76 Å². The van der Waals surface area contributed by atoms with E-state index in [9.17, 15) is 9.90 Å². The number of carboxylic acids is 1. The molecule has 0 unspecified atom stereocenters. The van der Waals surface area contributed by atoms with Crippen LogP contribution >= 0.6 is 0 Å². The maximum atomic E-state index is 10.7. The third-order valence-electron chi connectivity index (χ3n) is 1.94. The van der Waals surface area contributed by atoms with Gasteiger partial charge in [0.05, 0.1) is 6.26 Å². The maximum Gasteiger partial charge on any atom is 0.157 e. The summed E-state index contributed by atoms with van der Waals surface area (Å²) in [6, 6.07) is 10.8. The molecule has 3 heteroatoms. The van der Waals surface area contributed by atoms with Crippen LogP contribution in [0.4, 0.5) is 0 Å². The minimum Gasteiger partial charge on any atom is -0.542 e. The van der Waals surface area contributed by atoms with E-state index < -0.39 is 5.97 Å². The first-order chi connectivity index (χ1) is 6.79. The molecule has 1 heterocycles. The molecule has 0 atom stereocenters. The molecule has 0 saturated carbocycles. The van der Waals surface area contributed by atoms with Gasteiger partial charge in [-0.2, -0.15) is 0 Å². The molecule has 0 amide bonds. The molecular weight excluding hydrogens is 180 g/mol. The lowest BCUT2D eigenvalue weighted by Gasteiger charge is -2.02. The molecule has 2 aromatic rings. The Morgan fingerprint density at radius 2 is 1.86 bits per heavy atom. The zero-order chi connectivity index (χ0) is 9.97. The Bertz CT molecular complexity index is 443. The normalized spacial score (nSPS) is 10.0. The molecule has 70 valence electrons. The van der Waals surface area contributed by atoms with E-state index in [1.165, 1.54) is 6.26 Å². The molecule has 2 rings (SSSR count). The Kier molecular flexibility index (Phi) is 2.07. The number of hydrogen-bond donors (Lipinski definition) is 0. The van der Waals surface area contributed by atoms with Crippen molar-refractivity contribution in [3.8, 4) is 11.1 Å². The second-order valence-corrected chi connectivity index (χ2v) is 2.82. The lowest BCUT2D eigenvalue weighted by Crippen LogP contribution is -2.22. The van der Waals surface area contributed by atoms with Crippen LogP contribution in [-0.4, -0.2) is 5.97 Å². The van der Waals surface area contributed by atoms with Crippen molar-refractivity contribution in [2.24, 2.45) is 0 Å². The molecule has 14 heavy (non-hydrogen) atoms. The number of carbonyl (C=O) groups is 1. The van der Waals surface area contributed by atoms with Gasteiger partial charge in [-0.25, -0.2) is 0 Å². The summed E-state index contributed by atoms with van der Waals surface area (Å²) in [4.78, 5) is 10.7. The largest absolute Gasteiger partial charge is 0.542 e. The van der Waals surface area contributed by atoms with E-state index in [1.807, 2.05) is 30.3 Å². The fourth-order valence-electron chi connectivity index (χ4n) is 1.31. The summed E-state index contributed by atoms with van der Waals surface area (Å²) in [5.41, 5.74) is 1.35. The van der Waals surface area contributed by atoms with Gasteiger partial charge in [-0.3, -0.25) is 0 Å². The van der Waals surface area contributed by atoms with Gasteiger partial charge >= 0.3 is 0 Å². The summed E-state index contributed by atoms with van der Waals surface area (Å²) in [5.74, 6) is -1.43. The molecule has 1 aromatic carbocycles. The van der Waals surface area contributed by atoms with Crippen molar-refractivity contribution in [3.63, 3.8) is 0 Å². The van der Waals surface area contributed by atoms with Gasteiger partial charge in [-0.05, 0) is 11.6 Å². The standard InChI is InChI=1S/C11H8O3/c12-11(13)10-9(6-7-14-10)8-4-2-1-3-5-8/h1-7H,(H,12,13)/p-1. The average Bonchev–Trinajstić information content (AvgIpc) is 2.67. The van der Waals surface area contributed by atoms with Crippen LogP contribution in [-0.2, 0) is 0 Å². The highest BCUT2D eigenvalue weighted by molar-refractivity contribution is 5.91. The van der Waals surface area contributed by atoms with Crippen molar-refractivity contribution in [1.29, 1.82) is 0 Å². The zero-order valence-electron chi connectivity index (χ0n) is 7.27. The maximum absolute atomic E-state index is 10.7. The van der Waals surface area contributed by atoms with Gasteiger partial charge in [0.2, 0.25) is 0 Å². The molecule has 1 aromatic heterocycles. The topological polar surface area (TPSA) is 53.3 Å². The van der Waals surface area contributed by atoms with Crippen LogP contribution in [0.1, 0.15) is 10.6 Å². The van der Waals surface area contributed by atoms with Gasteiger partial charge in [-0.1, -0.05) is 30.3 Å². The van der Waals surface area contributed by atoms with Crippen molar-refractivity contribution < 1.29 is 14.3 Å². The van der Waals surface area contributed by atoms with Crippen molar-refractivity contribution in [1.82, 2.24) is 0 Å². The van der Waals surface area contributed by atoms with E-state index in [0.717, 1.165) is 5.56 Å². The zero-order valence-corrected chi connectivity index (χ0v) is 7.27. The summed E-state index contributed by atoms with van der Waals surface area (Å²) in [7, 11) is 0. The molecule has 3 nitrogen and oxygen atoms in total. The molecule has 0 aliphatic carbocycles. The Hall–Kier alpha value is -2.03. The van der Waals surface area contributed by atoms with Crippen LogP contribution in [0.5, 0.6) is 0 Å². The van der Waals surface area contributed by atoms with Crippen LogP contribution < -0.4 is 5.11 Å². The minimum atomic E-state index is -1.30.